The van der Waals surface area contributed by atoms with Crippen LogP contribution in [0.15, 0.2) is 12.1 Å². The lowest BCUT2D eigenvalue weighted by Gasteiger charge is -2.32. The molecule has 0 atom stereocenters. The third kappa shape index (κ3) is 5.25. The number of likely N-dealkylation sites (N-methyl/N-ethyl adjacent to an activating group) is 1. The van der Waals surface area contributed by atoms with Gasteiger partial charge in [0.15, 0.2) is 0 Å². The van der Waals surface area contributed by atoms with Crippen LogP contribution in [0.2, 0.25) is 4.34 Å². The fraction of sp³-hybridized carbons (Fsp3) is 0.667. The number of nitrogens with two attached hydrogens (primary N) is 1. The lowest BCUT2D eigenvalue weighted by molar-refractivity contribution is -0.132. The van der Waals surface area contributed by atoms with Crippen molar-refractivity contribution in [1.29, 1.82) is 0 Å². The molecule has 1 aromatic heterocycles. The van der Waals surface area contributed by atoms with E-state index in [1.165, 1.54) is 11.3 Å². The Labute approximate surface area is 135 Å². The predicted molar refractivity (Wildman–Crippen MR) is 88.6 cm³/mol. The quantitative estimate of drug-likeness (QED) is 0.872. The Morgan fingerprint density at radius 1 is 1.48 bits per heavy atom. The van der Waals surface area contributed by atoms with Crippen molar-refractivity contribution in [2.24, 2.45) is 11.7 Å². The summed E-state index contributed by atoms with van der Waals surface area (Å²) in [6.45, 7) is 3.95. The second-order valence-corrected chi connectivity index (χ2v) is 7.55. The van der Waals surface area contributed by atoms with E-state index in [1.54, 1.807) is 4.90 Å². The van der Waals surface area contributed by atoms with E-state index < -0.39 is 0 Å². The Balaban J connectivity index is 1.74. The van der Waals surface area contributed by atoms with Crippen LogP contribution in [0, 0.1) is 5.92 Å². The molecule has 2 heterocycles. The number of halogens is 1. The molecule has 1 aromatic rings. The predicted octanol–water partition coefficient (Wildman–Crippen LogP) is 2.42. The molecule has 0 radical (unpaired) electrons. The van der Waals surface area contributed by atoms with Gasteiger partial charge in [0.1, 0.15) is 0 Å². The molecular weight excluding hydrogens is 306 g/mol. The van der Waals surface area contributed by atoms with Crippen molar-refractivity contribution in [2.75, 3.05) is 33.2 Å². The number of nitrogens with zero attached hydrogens (tertiary/aromatic N) is 2. The Bertz CT molecular complexity index is 458. The highest BCUT2D eigenvalue weighted by Gasteiger charge is 2.21. The maximum absolute atomic E-state index is 12.3. The second kappa shape index (κ2) is 8.13. The molecule has 0 unspecified atom stereocenters. The molecular formula is C15H24ClN3OS. The van der Waals surface area contributed by atoms with Gasteiger partial charge in [-0.2, -0.15) is 0 Å². The molecule has 2 rings (SSSR count). The first-order chi connectivity index (χ1) is 10.1. The highest BCUT2D eigenvalue weighted by molar-refractivity contribution is 7.16. The Kier molecular flexibility index (Phi) is 6.48. The van der Waals surface area contributed by atoms with Crippen LogP contribution in [-0.2, 0) is 11.3 Å². The van der Waals surface area contributed by atoms with Gasteiger partial charge in [-0.1, -0.05) is 11.6 Å². The zero-order valence-electron chi connectivity index (χ0n) is 12.6. The summed E-state index contributed by atoms with van der Waals surface area (Å²) in [6, 6.07) is 3.86. The monoisotopic (exact) mass is 329 g/mol. The summed E-state index contributed by atoms with van der Waals surface area (Å²) in [4.78, 5) is 17.4. The molecule has 1 fully saturated rings. The van der Waals surface area contributed by atoms with Crippen LogP contribution >= 0.6 is 22.9 Å². The van der Waals surface area contributed by atoms with Crippen molar-refractivity contribution in [2.45, 2.75) is 25.8 Å². The number of thiophene rings is 1. The number of hydrogen-bond donors (Lipinski definition) is 1. The highest BCUT2D eigenvalue weighted by atomic mass is 35.5. The highest BCUT2D eigenvalue weighted by Crippen LogP contribution is 2.23. The standard InChI is InChI=1S/C15H24ClN3OS/c1-18(10-13-2-3-14(16)21-13)15(20)11-19-8-5-12(4-7-17)6-9-19/h2-3,12H,4-11,17H2,1H3. The number of amides is 1. The molecule has 1 amide bonds. The fourth-order valence-electron chi connectivity index (χ4n) is 2.74. The van der Waals surface area contributed by atoms with Crippen molar-refractivity contribution in [3.8, 4) is 0 Å². The van der Waals surface area contributed by atoms with Crippen LogP contribution in [0.3, 0.4) is 0 Å². The maximum atomic E-state index is 12.3. The maximum Gasteiger partial charge on any atom is 0.236 e. The van der Waals surface area contributed by atoms with Crippen molar-refractivity contribution in [1.82, 2.24) is 9.80 Å². The number of carbonyl (C=O) groups is 1. The van der Waals surface area contributed by atoms with Gasteiger partial charge in [0.05, 0.1) is 17.4 Å². The summed E-state index contributed by atoms with van der Waals surface area (Å²) in [6.07, 6.45) is 3.43. The van der Waals surface area contributed by atoms with Gasteiger partial charge in [0, 0.05) is 11.9 Å². The summed E-state index contributed by atoms with van der Waals surface area (Å²) in [5.74, 6) is 0.920. The second-order valence-electron chi connectivity index (χ2n) is 5.75. The minimum absolute atomic E-state index is 0.178. The smallest absolute Gasteiger partial charge is 0.236 e. The first kappa shape index (κ1) is 16.7. The van der Waals surface area contributed by atoms with Crippen LogP contribution in [-0.4, -0.2) is 48.9 Å². The van der Waals surface area contributed by atoms with E-state index in [2.05, 4.69) is 4.90 Å². The molecule has 4 nitrogen and oxygen atoms in total. The van der Waals surface area contributed by atoms with E-state index in [-0.39, 0.29) is 5.91 Å². The van der Waals surface area contributed by atoms with Gasteiger partial charge in [0.25, 0.3) is 0 Å². The largest absolute Gasteiger partial charge is 0.340 e. The van der Waals surface area contributed by atoms with E-state index in [9.17, 15) is 4.79 Å². The topological polar surface area (TPSA) is 49.6 Å². The molecule has 0 aromatic carbocycles. The van der Waals surface area contributed by atoms with Gasteiger partial charge in [-0.25, -0.2) is 0 Å². The van der Waals surface area contributed by atoms with Gasteiger partial charge in [0.2, 0.25) is 5.91 Å². The van der Waals surface area contributed by atoms with Crippen LogP contribution in [0.4, 0.5) is 0 Å². The first-order valence-corrected chi connectivity index (χ1v) is 8.68. The van der Waals surface area contributed by atoms with Gasteiger partial charge < -0.3 is 10.6 Å². The van der Waals surface area contributed by atoms with E-state index in [0.29, 0.717) is 13.1 Å². The molecule has 118 valence electrons. The first-order valence-electron chi connectivity index (χ1n) is 7.49. The van der Waals surface area contributed by atoms with E-state index >= 15 is 0 Å². The van der Waals surface area contributed by atoms with Crippen LogP contribution < -0.4 is 5.73 Å². The van der Waals surface area contributed by atoms with Crippen molar-refractivity contribution < 1.29 is 4.79 Å². The number of hydrogen-bond acceptors (Lipinski definition) is 4. The van der Waals surface area contributed by atoms with Crippen LogP contribution in [0.5, 0.6) is 0 Å². The average molecular weight is 330 g/mol. The van der Waals surface area contributed by atoms with Gasteiger partial charge in [-0.05, 0) is 56.9 Å². The number of rotatable bonds is 6. The zero-order chi connectivity index (χ0) is 15.2. The average Bonchev–Trinajstić information content (AvgIpc) is 2.86. The molecule has 1 aliphatic rings. The summed E-state index contributed by atoms with van der Waals surface area (Å²) in [5, 5.41) is 0. The molecule has 2 N–H and O–H groups in total. The van der Waals surface area contributed by atoms with Crippen molar-refractivity contribution in [3.05, 3.63) is 21.3 Å². The minimum Gasteiger partial charge on any atom is -0.340 e. The third-order valence-corrected chi connectivity index (χ3v) is 5.30. The Morgan fingerprint density at radius 2 is 2.19 bits per heavy atom. The molecule has 1 aliphatic heterocycles. The van der Waals surface area contributed by atoms with E-state index in [1.807, 2.05) is 19.2 Å². The number of carbonyl (C=O) groups excluding carboxylic acids is 1. The Hall–Kier alpha value is -0.620. The molecule has 0 aliphatic carbocycles. The number of piperidine rings is 1. The van der Waals surface area contributed by atoms with E-state index in [0.717, 1.165) is 54.0 Å². The zero-order valence-corrected chi connectivity index (χ0v) is 14.1. The number of likely N-dealkylation sites (tertiary alicyclic amines) is 1. The lowest BCUT2D eigenvalue weighted by atomic mass is 9.94. The Morgan fingerprint density at radius 3 is 2.76 bits per heavy atom. The van der Waals surface area contributed by atoms with Gasteiger partial charge >= 0.3 is 0 Å². The molecule has 1 saturated heterocycles. The molecule has 6 heteroatoms. The van der Waals surface area contributed by atoms with Crippen molar-refractivity contribution >= 4 is 28.8 Å². The molecule has 21 heavy (non-hydrogen) atoms. The van der Waals surface area contributed by atoms with Crippen LogP contribution in [0.25, 0.3) is 0 Å². The summed E-state index contributed by atoms with van der Waals surface area (Å²) in [5.41, 5.74) is 5.61. The third-order valence-electron chi connectivity index (χ3n) is 4.09. The fourth-order valence-corrected chi connectivity index (χ4v) is 3.88. The van der Waals surface area contributed by atoms with Crippen molar-refractivity contribution in [3.63, 3.8) is 0 Å². The molecule has 0 bridgehead atoms. The van der Waals surface area contributed by atoms with Crippen LogP contribution in [0.1, 0.15) is 24.1 Å². The minimum atomic E-state index is 0.178. The molecule has 0 spiro atoms. The summed E-state index contributed by atoms with van der Waals surface area (Å²) < 4.78 is 0.771. The normalized spacial score (nSPS) is 17.1. The lowest BCUT2D eigenvalue weighted by Crippen LogP contribution is -2.42. The summed E-state index contributed by atoms with van der Waals surface area (Å²) >= 11 is 7.45. The van der Waals surface area contributed by atoms with Gasteiger partial charge in [-0.15, -0.1) is 11.3 Å². The molecule has 0 saturated carbocycles. The SMILES string of the molecule is CN(Cc1ccc(Cl)s1)C(=O)CN1CCC(CCN)CC1. The van der Waals surface area contributed by atoms with E-state index in [4.69, 9.17) is 17.3 Å². The van der Waals surface area contributed by atoms with Gasteiger partial charge in [-0.3, -0.25) is 9.69 Å². The summed E-state index contributed by atoms with van der Waals surface area (Å²) in [7, 11) is 1.86.